The van der Waals surface area contributed by atoms with Crippen LogP contribution in [-0.2, 0) is 5.92 Å². The molecule has 0 fully saturated rings. The summed E-state index contributed by atoms with van der Waals surface area (Å²) in [4.78, 5) is 0. The Bertz CT molecular complexity index is 565. The molecule has 0 spiro atoms. The molecule has 0 aliphatic rings. The number of nitrogens with two attached hydrogens (primary N) is 1. The van der Waals surface area contributed by atoms with Crippen LogP contribution in [0.5, 0.6) is 0 Å². The topological polar surface area (TPSA) is 26.0 Å². The lowest BCUT2D eigenvalue weighted by Crippen LogP contribution is -2.16. The standard InChI is InChI=1S/C14H12BrF2N/c1-9-2-5-11(15)8-13(9)14(16,17)10-3-6-12(18)7-4-10/h2-8H,18H2,1H3. The molecule has 0 aliphatic heterocycles. The number of nitrogen functional groups attached to an aromatic ring is 1. The van der Waals surface area contributed by atoms with Crippen LogP contribution in [0.25, 0.3) is 0 Å². The summed E-state index contributed by atoms with van der Waals surface area (Å²) in [5.74, 6) is -3.03. The normalized spacial score (nSPS) is 11.6. The Labute approximate surface area is 113 Å². The molecule has 2 N–H and O–H groups in total. The fourth-order valence-corrected chi connectivity index (χ4v) is 2.14. The molecule has 0 aromatic heterocycles. The fourth-order valence-electron chi connectivity index (χ4n) is 1.78. The van der Waals surface area contributed by atoms with Crippen molar-refractivity contribution in [1.29, 1.82) is 0 Å². The number of aryl methyl sites for hydroxylation is 1. The van der Waals surface area contributed by atoms with Gasteiger partial charge in [0, 0.05) is 21.3 Å². The maximum Gasteiger partial charge on any atom is 0.298 e. The van der Waals surface area contributed by atoms with Gasteiger partial charge in [0.25, 0.3) is 5.92 Å². The van der Waals surface area contributed by atoms with E-state index in [1.165, 1.54) is 30.3 Å². The Morgan fingerprint density at radius 3 is 2.28 bits per heavy atom. The van der Waals surface area contributed by atoms with Gasteiger partial charge in [0.15, 0.2) is 0 Å². The lowest BCUT2D eigenvalue weighted by molar-refractivity contribution is 0.0421. The van der Waals surface area contributed by atoms with Gasteiger partial charge >= 0.3 is 0 Å². The van der Waals surface area contributed by atoms with E-state index in [4.69, 9.17) is 5.73 Å². The predicted octanol–water partition coefficient (Wildman–Crippen LogP) is 4.48. The first kappa shape index (κ1) is 13.0. The molecule has 2 rings (SSSR count). The van der Waals surface area contributed by atoms with Crippen molar-refractivity contribution >= 4 is 21.6 Å². The zero-order valence-corrected chi connectivity index (χ0v) is 11.3. The number of benzene rings is 2. The summed E-state index contributed by atoms with van der Waals surface area (Å²) in [5, 5.41) is 0. The van der Waals surface area contributed by atoms with Gasteiger partial charge in [-0.05, 0) is 36.8 Å². The zero-order valence-electron chi connectivity index (χ0n) is 9.75. The SMILES string of the molecule is Cc1ccc(Br)cc1C(F)(F)c1ccc(N)cc1. The van der Waals surface area contributed by atoms with Crippen LogP contribution in [0.2, 0.25) is 0 Å². The summed E-state index contributed by atoms with van der Waals surface area (Å²) in [5.41, 5.74) is 6.48. The minimum absolute atomic E-state index is 0.00152. The van der Waals surface area contributed by atoms with Gasteiger partial charge in [0.2, 0.25) is 0 Å². The van der Waals surface area contributed by atoms with Crippen molar-refractivity contribution in [3.05, 3.63) is 63.6 Å². The molecule has 0 atom stereocenters. The van der Waals surface area contributed by atoms with Crippen molar-refractivity contribution in [2.75, 3.05) is 5.73 Å². The zero-order chi connectivity index (χ0) is 13.3. The van der Waals surface area contributed by atoms with Crippen molar-refractivity contribution in [3.63, 3.8) is 0 Å². The van der Waals surface area contributed by atoms with Crippen LogP contribution >= 0.6 is 15.9 Å². The fraction of sp³-hybridized carbons (Fsp3) is 0.143. The van der Waals surface area contributed by atoms with E-state index >= 15 is 0 Å². The third-order valence-electron chi connectivity index (χ3n) is 2.81. The van der Waals surface area contributed by atoms with Crippen LogP contribution < -0.4 is 5.73 Å². The van der Waals surface area contributed by atoms with Gasteiger partial charge in [-0.2, -0.15) is 8.78 Å². The van der Waals surface area contributed by atoms with Crippen LogP contribution in [-0.4, -0.2) is 0 Å². The van der Waals surface area contributed by atoms with E-state index in [0.717, 1.165) is 0 Å². The van der Waals surface area contributed by atoms with Gasteiger partial charge in [-0.3, -0.25) is 0 Å². The number of anilines is 1. The molecule has 0 aliphatic carbocycles. The van der Waals surface area contributed by atoms with Crippen molar-refractivity contribution < 1.29 is 8.78 Å². The van der Waals surface area contributed by atoms with Crippen LogP contribution in [0.4, 0.5) is 14.5 Å². The molecule has 0 unspecified atom stereocenters. The van der Waals surface area contributed by atoms with Crippen LogP contribution in [0.15, 0.2) is 46.9 Å². The molecule has 94 valence electrons. The molecule has 0 saturated heterocycles. The van der Waals surface area contributed by atoms with Gasteiger partial charge < -0.3 is 5.73 Å². The molecule has 0 bridgehead atoms. The average molecular weight is 312 g/mol. The molecule has 2 aromatic carbocycles. The second kappa shape index (κ2) is 4.69. The first-order valence-electron chi connectivity index (χ1n) is 5.42. The Balaban J connectivity index is 2.53. The second-order valence-corrected chi connectivity index (χ2v) is 5.07. The molecule has 2 aromatic rings. The van der Waals surface area contributed by atoms with Crippen molar-refractivity contribution in [2.24, 2.45) is 0 Å². The summed E-state index contributed by atoms with van der Waals surface area (Å²) in [6.07, 6.45) is 0. The van der Waals surface area contributed by atoms with E-state index in [1.54, 1.807) is 19.1 Å². The monoisotopic (exact) mass is 311 g/mol. The maximum absolute atomic E-state index is 14.4. The largest absolute Gasteiger partial charge is 0.399 e. The lowest BCUT2D eigenvalue weighted by Gasteiger charge is -2.19. The molecular formula is C14H12BrF2N. The summed E-state index contributed by atoms with van der Waals surface area (Å²) in [7, 11) is 0. The predicted molar refractivity (Wildman–Crippen MR) is 72.7 cm³/mol. The summed E-state index contributed by atoms with van der Waals surface area (Å²) in [6.45, 7) is 1.67. The third-order valence-corrected chi connectivity index (χ3v) is 3.30. The average Bonchev–Trinajstić information content (AvgIpc) is 2.32. The quantitative estimate of drug-likeness (QED) is 0.813. The lowest BCUT2D eigenvalue weighted by atomic mass is 9.96. The van der Waals surface area contributed by atoms with E-state index in [1.807, 2.05) is 0 Å². The van der Waals surface area contributed by atoms with Crippen molar-refractivity contribution in [2.45, 2.75) is 12.8 Å². The minimum Gasteiger partial charge on any atom is -0.399 e. The Morgan fingerprint density at radius 2 is 1.67 bits per heavy atom. The van der Waals surface area contributed by atoms with Gasteiger partial charge in [-0.15, -0.1) is 0 Å². The summed E-state index contributed by atoms with van der Waals surface area (Å²) < 4.78 is 29.4. The van der Waals surface area contributed by atoms with Gasteiger partial charge in [-0.25, -0.2) is 0 Å². The van der Waals surface area contributed by atoms with E-state index in [-0.39, 0.29) is 11.1 Å². The van der Waals surface area contributed by atoms with E-state index in [0.29, 0.717) is 15.7 Å². The van der Waals surface area contributed by atoms with Crippen LogP contribution in [0.1, 0.15) is 16.7 Å². The molecular weight excluding hydrogens is 300 g/mol. The van der Waals surface area contributed by atoms with Crippen LogP contribution in [0, 0.1) is 6.92 Å². The summed E-state index contributed by atoms with van der Waals surface area (Å²) in [6, 6.07) is 10.5. The van der Waals surface area contributed by atoms with Gasteiger partial charge in [0.05, 0.1) is 0 Å². The highest BCUT2D eigenvalue weighted by molar-refractivity contribution is 9.10. The van der Waals surface area contributed by atoms with E-state index < -0.39 is 5.92 Å². The first-order valence-corrected chi connectivity index (χ1v) is 6.21. The molecule has 1 nitrogen and oxygen atoms in total. The van der Waals surface area contributed by atoms with Crippen LogP contribution in [0.3, 0.4) is 0 Å². The van der Waals surface area contributed by atoms with E-state index in [2.05, 4.69) is 15.9 Å². The molecule has 0 saturated carbocycles. The second-order valence-electron chi connectivity index (χ2n) is 4.16. The number of hydrogen-bond acceptors (Lipinski definition) is 1. The highest BCUT2D eigenvalue weighted by Gasteiger charge is 2.35. The highest BCUT2D eigenvalue weighted by atomic mass is 79.9. The Kier molecular flexibility index (Phi) is 3.39. The highest BCUT2D eigenvalue weighted by Crippen LogP contribution is 2.38. The Hall–Kier alpha value is -1.42. The number of alkyl halides is 2. The van der Waals surface area contributed by atoms with E-state index in [9.17, 15) is 8.78 Å². The number of halogens is 3. The molecule has 4 heteroatoms. The maximum atomic E-state index is 14.4. The Morgan fingerprint density at radius 1 is 1.06 bits per heavy atom. The third kappa shape index (κ3) is 2.38. The molecule has 0 heterocycles. The number of hydrogen-bond donors (Lipinski definition) is 1. The van der Waals surface area contributed by atoms with Crippen molar-refractivity contribution in [1.82, 2.24) is 0 Å². The van der Waals surface area contributed by atoms with Gasteiger partial charge in [0.1, 0.15) is 0 Å². The minimum atomic E-state index is -3.03. The summed E-state index contributed by atoms with van der Waals surface area (Å²) >= 11 is 3.22. The smallest absolute Gasteiger partial charge is 0.298 e. The molecule has 0 radical (unpaired) electrons. The first-order chi connectivity index (χ1) is 8.41. The van der Waals surface area contributed by atoms with Crippen molar-refractivity contribution in [3.8, 4) is 0 Å². The molecule has 18 heavy (non-hydrogen) atoms. The van der Waals surface area contributed by atoms with Gasteiger partial charge in [-0.1, -0.05) is 34.1 Å². The number of rotatable bonds is 2. The molecule has 0 amide bonds.